The molecule has 124 valence electrons. The molecule has 0 aromatic carbocycles. The van der Waals surface area contributed by atoms with Crippen LogP contribution in [0.4, 0.5) is 13.2 Å². The van der Waals surface area contributed by atoms with E-state index in [1.807, 2.05) is 0 Å². The molecule has 1 fully saturated rings. The molecule has 0 saturated heterocycles. The van der Waals surface area contributed by atoms with Crippen LogP contribution in [0.25, 0.3) is 0 Å². The highest BCUT2D eigenvalue weighted by atomic mass is 19.4. The summed E-state index contributed by atoms with van der Waals surface area (Å²) >= 11 is 0. The van der Waals surface area contributed by atoms with Crippen LogP contribution in [0.15, 0.2) is 0 Å². The molecule has 1 saturated carbocycles. The van der Waals surface area contributed by atoms with E-state index in [4.69, 9.17) is 5.73 Å². The molecule has 1 amide bonds. The van der Waals surface area contributed by atoms with Gasteiger partial charge >= 0.3 is 6.18 Å². The monoisotopic (exact) mass is 308 g/mol. The second kappa shape index (κ2) is 8.01. The van der Waals surface area contributed by atoms with Crippen LogP contribution in [0, 0.1) is 17.8 Å². The van der Waals surface area contributed by atoms with Crippen LogP contribution in [-0.4, -0.2) is 24.7 Å². The van der Waals surface area contributed by atoms with Gasteiger partial charge in [0.05, 0.1) is 5.92 Å². The second-order valence-electron chi connectivity index (χ2n) is 6.60. The molecule has 0 heterocycles. The Hall–Kier alpha value is -0.780. The Morgan fingerprint density at radius 2 is 2.00 bits per heavy atom. The zero-order valence-corrected chi connectivity index (χ0v) is 12.9. The fourth-order valence-electron chi connectivity index (χ4n) is 3.10. The van der Waals surface area contributed by atoms with E-state index in [0.29, 0.717) is 31.7 Å². The predicted molar refractivity (Wildman–Crippen MR) is 76.6 cm³/mol. The minimum Gasteiger partial charge on any atom is -0.353 e. The van der Waals surface area contributed by atoms with E-state index in [9.17, 15) is 18.0 Å². The molecule has 6 heteroatoms. The Morgan fingerprint density at radius 1 is 1.33 bits per heavy atom. The van der Waals surface area contributed by atoms with Gasteiger partial charge in [0.2, 0.25) is 5.91 Å². The second-order valence-corrected chi connectivity index (χ2v) is 6.60. The van der Waals surface area contributed by atoms with Gasteiger partial charge in [0.25, 0.3) is 0 Å². The predicted octanol–water partition coefficient (Wildman–Crippen LogP) is 3.23. The summed E-state index contributed by atoms with van der Waals surface area (Å²) < 4.78 is 38.2. The number of carbonyl (C=O) groups is 1. The molecule has 0 aliphatic heterocycles. The van der Waals surface area contributed by atoms with Crippen LogP contribution in [0.1, 0.15) is 52.4 Å². The number of carbonyl (C=O) groups excluding carboxylic acids is 1. The minimum atomic E-state index is -4.15. The fourth-order valence-corrected chi connectivity index (χ4v) is 3.10. The zero-order valence-electron chi connectivity index (χ0n) is 12.9. The summed E-state index contributed by atoms with van der Waals surface area (Å²) in [6.07, 6.45) is -1.65. The van der Waals surface area contributed by atoms with Crippen molar-refractivity contribution >= 4 is 5.91 Å². The molecule has 1 aliphatic rings. The van der Waals surface area contributed by atoms with Crippen molar-refractivity contribution in [3.05, 3.63) is 0 Å². The van der Waals surface area contributed by atoms with Crippen molar-refractivity contribution in [2.45, 2.75) is 64.6 Å². The molecule has 0 aromatic heterocycles. The fraction of sp³-hybridized carbons (Fsp3) is 0.933. The van der Waals surface area contributed by atoms with Crippen LogP contribution < -0.4 is 11.1 Å². The third-order valence-electron chi connectivity index (χ3n) is 4.11. The van der Waals surface area contributed by atoms with Crippen molar-refractivity contribution in [2.75, 3.05) is 6.54 Å². The highest BCUT2D eigenvalue weighted by Gasteiger charge is 2.42. The number of alkyl halides is 3. The van der Waals surface area contributed by atoms with Gasteiger partial charge in [-0.1, -0.05) is 20.3 Å². The lowest BCUT2D eigenvalue weighted by Crippen LogP contribution is -2.42. The molecule has 3 N–H and O–H groups in total. The molecule has 1 rings (SSSR count). The molecule has 21 heavy (non-hydrogen) atoms. The molecule has 0 bridgehead atoms. The lowest BCUT2D eigenvalue weighted by Gasteiger charge is -2.31. The third-order valence-corrected chi connectivity index (χ3v) is 4.11. The Kier molecular flexibility index (Phi) is 6.97. The SMILES string of the molecule is CC(C)C[C@H](CN)CC(=O)NC1CCCC(C(F)(F)F)C1. The zero-order chi connectivity index (χ0) is 16.0. The van der Waals surface area contributed by atoms with Gasteiger partial charge in [-0.3, -0.25) is 4.79 Å². The number of halogens is 3. The number of nitrogens with one attached hydrogen (secondary N) is 1. The van der Waals surface area contributed by atoms with Crippen LogP contribution in [-0.2, 0) is 4.79 Å². The van der Waals surface area contributed by atoms with Gasteiger partial charge in [0.15, 0.2) is 0 Å². The lowest BCUT2D eigenvalue weighted by molar-refractivity contribution is -0.184. The maximum absolute atomic E-state index is 12.7. The average Bonchev–Trinajstić information content (AvgIpc) is 2.36. The number of hydrogen-bond acceptors (Lipinski definition) is 2. The standard InChI is InChI=1S/C15H27F3N2O/c1-10(2)6-11(9-19)7-14(21)20-13-5-3-4-12(8-13)15(16,17)18/h10-13H,3-9,19H2,1-2H3,(H,20,21)/t11-,12?,13?/m0/s1. The lowest BCUT2D eigenvalue weighted by atomic mass is 9.85. The van der Waals surface area contributed by atoms with Crippen LogP contribution in [0.2, 0.25) is 0 Å². The smallest absolute Gasteiger partial charge is 0.353 e. The van der Waals surface area contributed by atoms with Gasteiger partial charge in [-0.15, -0.1) is 0 Å². The van der Waals surface area contributed by atoms with E-state index in [1.165, 1.54) is 0 Å². The largest absolute Gasteiger partial charge is 0.391 e. The van der Waals surface area contributed by atoms with Gasteiger partial charge in [-0.05, 0) is 44.1 Å². The van der Waals surface area contributed by atoms with Crippen molar-refractivity contribution in [1.82, 2.24) is 5.32 Å². The Balaban J connectivity index is 2.43. The highest BCUT2D eigenvalue weighted by Crippen LogP contribution is 2.37. The van der Waals surface area contributed by atoms with E-state index in [2.05, 4.69) is 19.2 Å². The summed E-state index contributed by atoms with van der Waals surface area (Å²) in [5, 5.41) is 2.76. The van der Waals surface area contributed by atoms with Crippen molar-refractivity contribution in [3.8, 4) is 0 Å². The first kappa shape index (κ1) is 18.3. The van der Waals surface area contributed by atoms with E-state index >= 15 is 0 Å². The van der Waals surface area contributed by atoms with Crippen LogP contribution in [0.5, 0.6) is 0 Å². The Bertz CT molecular complexity index is 331. The van der Waals surface area contributed by atoms with Crippen molar-refractivity contribution in [2.24, 2.45) is 23.5 Å². The summed E-state index contributed by atoms with van der Waals surface area (Å²) in [5.41, 5.74) is 5.65. The maximum Gasteiger partial charge on any atom is 0.391 e. The van der Waals surface area contributed by atoms with Gasteiger partial charge in [-0.2, -0.15) is 13.2 Å². The van der Waals surface area contributed by atoms with Gasteiger partial charge < -0.3 is 11.1 Å². The number of amides is 1. The van der Waals surface area contributed by atoms with E-state index in [-0.39, 0.29) is 30.7 Å². The Morgan fingerprint density at radius 3 is 2.52 bits per heavy atom. The summed E-state index contributed by atoms with van der Waals surface area (Å²) in [4.78, 5) is 12.0. The number of nitrogens with two attached hydrogens (primary N) is 1. The van der Waals surface area contributed by atoms with Crippen molar-refractivity contribution < 1.29 is 18.0 Å². The first-order valence-electron chi connectivity index (χ1n) is 7.78. The minimum absolute atomic E-state index is 0.00666. The van der Waals surface area contributed by atoms with E-state index < -0.39 is 12.1 Å². The van der Waals surface area contributed by atoms with Gasteiger partial charge in [0, 0.05) is 12.5 Å². The number of hydrogen-bond donors (Lipinski definition) is 2. The van der Waals surface area contributed by atoms with Gasteiger partial charge in [-0.25, -0.2) is 0 Å². The van der Waals surface area contributed by atoms with Crippen molar-refractivity contribution in [1.29, 1.82) is 0 Å². The molecular weight excluding hydrogens is 281 g/mol. The van der Waals surface area contributed by atoms with Crippen LogP contribution >= 0.6 is 0 Å². The Labute approximate surface area is 124 Å². The van der Waals surface area contributed by atoms with Crippen molar-refractivity contribution in [3.63, 3.8) is 0 Å². The summed E-state index contributed by atoms with van der Waals surface area (Å²) in [7, 11) is 0. The molecule has 2 unspecified atom stereocenters. The molecule has 0 spiro atoms. The van der Waals surface area contributed by atoms with Crippen LogP contribution in [0.3, 0.4) is 0 Å². The molecule has 0 radical (unpaired) electrons. The van der Waals surface area contributed by atoms with E-state index in [1.54, 1.807) is 0 Å². The molecular formula is C15H27F3N2O. The first-order valence-corrected chi connectivity index (χ1v) is 7.78. The normalized spacial score (nSPS) is 24.9. The number of rotatable bonds is 6. The first-order chi connectivity index (χ1) is 9.72. The third kappa shape index (κ3) is 6.68. The topological polar surface area (TPSA) is 55.1 Å². The molecule has 3 atom stereocenters. The summed E-state index contributed by atoms with van der Waals surface area (Å²) in [6, 6.07) is -0.352. The average molecular weight is 308 g/mol. The molecule has 1 aliphatic carbocycles. The van der Waals surface area contributed by atoms with Gasteiger partial charge in [0.1, 0.15) is 0 Å². The molecule has 3 nitrogen and oxygen atoms in total. The maximum atomic E-state index is 12.7. The quantitative estimate of drug-likeness (QED) is 0.791. The summed E-state index contributed by atoms with van der Waals surface area (Å²) in [6.45, 7) is 4.56. The van der Waals surface area contributed by atoms with E-state index in [0.717, 1.165) is 6.42 Å². The summed E-state index contributed by atoms with van der Waals surface area (Å²) in [5.74, 6) is -0.890. The highest BCUT2D eigenvalue weighted by molar-refractivity contribution is 5.76. The molecule has 0 aromatic rings.